The number of aromatic nitrogens is 1. The molecule has 21 heavy (non-hydrogen) atoms. The van der Waals surface area contributed by atoms with Gasteiger partial charge in [-0.25, -0.2) is 14.2 Å². The number of urea groups is 1. The van der Waals surface area contributed by atoms with Crippen LogP contribution in [0.4, 0.5) is 15.0 Å². The van der Waals surface area contributed by atoms with Crippen molar-refractivity contribution in [3.8, 4) is 5.75 Å². The van der Waals surface area contributed by atoms with Gasteiger partial charge in [-0.1, -0.05) is 12.1 Å². The highest BCUT2D eigenvalue weighted by Crippen LogP contribution is 2.24. The first-order valence-electron chi connectivity index (χ1n) is 6.49. The largest absolute Gasteiger partial charge is 0.497 e. The maximum Gasteiger partial charge on any atom is 0.323 e. The summed E-state index contributed by atoms with van der Waals surface area (Å²) in [6.07, 6.45) is 1.34. The monoisotopic (exact) mass is 287 g/mol. The maximum absolute atomic E-state index is 13.8. The Hall–Kier alpha value is -2.63. The van der Waals surface area contributed by atoms with Crippen molar-refractivity contribution in [1.82, 2.24) is 9.88 Å². The molecule has 0 unspecified atom stereocenters. The molecule has 1 aliphatic rings. The predicted molar refractivity (Wildman–Crippen MR) is 75.5 cm³/mol. The third-order valence-electron chi connectivity index (χ3n) is 3.39. The van der Waals surface area contributed by atoms with Crippen LogP contribution in [0.5, 0.6) is 5.75 Å². The van der Waals surface area contributed by atoms with E-state index in [0.29, 0.717) is 17.9 Å². The SMILES string of the molecule is COc1ccc(CN2Cc3c(F)ccnc3NC2=O)cc1. The van der Waals surface area contributed by atoms with Gasteiger partial charge in [-0.3, -0.25) is 5.32 Å². The van der Waals surface area contributed by atoms with E-state index in [1.807, 2.05) is 24.3 Å². The van der Waals surface area contributed by atoms with Gasteiger partial charge in [0.1, 0.15) is 17.4 Å². The Labute approximate surface area is 121 Å². The molecule has 1 aliphatic heterocycles. The van der Waals surface area contributed by atoms with Gasteiger partial charge >= 0.3 is 6.03 Å². The molecule has 1 aromatic heterocycles. The number of hydrogen-bond donors (Lipinski definition) is 1. The highest BCUT2D eigenvalue weighted by molar-refractivity contribution is 5.91. The van der Waals surface area contributed by atoms with Crippen LogP contribution in [-0.4, -0.2) is 23.0 Å². The normalized spacial score (nSPS) is 13.6. The minimum Gasteiger partial charge on any atom is -0.497 e. The van der Waals surface area contributed by atoms with Crippen molar-refractivity contribution in [3.63, 3.8) is 0 Å². The van der Waals surface area contributed by atoms with Gasteiger partial charge in [-0.15, -0.1) is 0 Å². The van der Waals surface area contributed by atoms with Crippen LogP contribution in [0.2, 0.25) is 0 Å². The number of nitrogens with zero attached hydrogens (tertiary/aromatic N) is 2. The van der Waals surface area contributed by atoms with E-state index >= 15 is 0 Å². The lowest BCUT2D eigenvalue weighted by atomic mass is 10.1. The Balaban J connectivity index is 1.80. The third-order valence-corrected chi connectivity index (χ3v) is 3.39. The van der Waals surface area contributed by atoms with E-state index < -0.39 is 0 Å². The van der Waals surface area contributed by atoms with Gasteiger partial charge in [0, 0.05) is 12.7 Å². The number of fused-ring (bicyclic) bond motifs is 1. The van der Waals surface area contributed by atoms with Crippen LogP contribution in [0.1, 0.15) is 11.1 Å². The van der Waals surface area contributed by atoms with Crippen molar-refractivity contribution in [2.45, 2.75) is 13.1 Å². The number of pyridine rings is 1. The molecule has 1 aromatic carbocycles. The molecule has 2 heterocycles. The quantitative estimate of drug-likeness (QED) is 0.944. The molecule has 1 N–H and O–H groups in total. The summed E-state index contributed by atoms with van der Waals surface area (Å²) in [5.41, 5.74) is 1.35. The van der Waals surface area contributed by atoms with E-state index in [9.17, 15) is 9.18 Å². The molecule has 2 amide bonds. The molecule has 0 saturated heterocycles. The summed E-state index contributed by atoms with van der Waals surface area (Å²) in [7, 11) is 1.60. The average molecular weight is 287 g/mol. The van der Waals surface area contributed by atoms with Crippen LogP contribution in [0.25, 0.3) is 0 Å². The topological polar surface area (TPSA) is 54.5 Å². The maximum atomic E-state index is 13.8. The molecule has 2 aromatic rings. The second-order valence-electron chi connectivity index (χ2n) is 4.75. The number of anilines is 1. The van der Waals surface area contributed by atoms with Crippen LogP contribution >= 0.6 is 0 Å². The van der Waals surface area contributed by atoms with Crippen molar-refractivity contribution in [2.75, 3.05) is 12.4 Å². The molecule has 5 nitrogen and oxygen atoms in total. The average Bonchev–Trinajstić information content (AvgIpc) is 2.50. The van der Waals surface area contributed by atoms with Crippen LogP contribution < -0.4 is 10.1 Å². The summed E-state index contributed by atoms with van der Waals surface area (Å²) >= 11 is 0. The zero-order valence-corrected chi connectivity index (χ0v) is 11.5. The first-order chi connectivity index (χ1) is 10.2. The molecule has 0 spiro atoms. The highest BCUT2D eigenvalue weighted by atomic mass is 19.1. The van der Waals surface area contributed by atoms with Crippen molar-refractivity contribution < 1.29 is 13.9 Å². The van der Waals surface area contributed by atoms with E-state index in [2.05, 4.69) is 10.3 Å². The molecular weight excluding hydrogens is 273 g/mol. The molecule has 0 atom stereocenters. The first kappa shape index (κ1) is 13.4. The number of rotatable bonds is 3. The summed E-state index contributed by atoms with van der Waals surface area (Å²) in [4.78, 5) is 17.5. The van der Waals surface area contributed by atoms with Crippen LogP contribution in [-0.2, 0) is 13.1 Å². The van der Waals surface area contributed by atoms with E-state index in [-0.39, 0.29) is 18.4 Å². The van der Waals surface area contributed by atoms with E-state index in [1.54, 1.807) is 7.11 Å². The number of nitrogens with one attached hydrogen (secondary N) is 1. The van der Waals surface area contributed by atoms with Gasteiger partial charge in [0.15, 0.2) is 0 Å². The fraction of sp³-hybridized carbons (Fsp3) is 0.200. The molecule has 6 heteroatoms. The molecule has 0 radical (unpaired) electrons. The Bertz CT molecular complexity index is 673. The van der Waals surface area contributed by atoms with Crippen molar-refractivity contribution in [3.05, 3.63) is 53.5 Å². The van der Waals surface area contributed by atoms with Gasteiger partial charge in [-0.2, -0.15) is 0 Å². The number of benzene rings is 1. The summed E-state index contributed by atoms with van der Waals surface area (Å²) in [6.45, 7) is 0.594. The number of carbonyl (C=O) groups is 1. The Morgan fingerprint density at radius 1 is 1.33 bits per heavy atom. The summed E-state index contributed by atoms with van der Waals surface area (Å²) in [5, 5.41) is 2.60. The smallest absolute Gasteiger partial charge is 0.323 e. The van der Waals surface area contributed by atoms with Gasteiger partial charge in [0.2, 0.25) is 0 Å². The molecule has 0 saturated carbocycles. The minimum absolute atomic E-state index is 0.201. The lowest BCUT2D eigenvalue weighted by molar-refractivity contribution is 0.202. The Morgan fingerprint density at radius 2 is 2.10 bits per heavy atom. The van der Waals surface area contributed by atoms with Crippen LogP contribution in [0, 0.1) is 5.82 Å². The summed E-state index contributed by atoms with van der Waals surface area (Å²) in [6, 6.07) is 8.42. The molecule has 0 bridgehead atoms. The zero-order valence-electron chi connectivity index (χ0n) is 11.5. The van der Waals surface area contributed by atoms with Gasteiger partial charge in [0.05, 0.1) is 19.2 Å². The number of hydrogen-bond acceptors (Lipinski definition) is 3. The van der Waals surface area contributed by atoms with Gasteiger partial charge < -0.3 is 9.64 Å². The fourth-order valence-corrected chi connectivity index (χ4v) is 2.25. The number of halogens is 1. The molecular formula is C15H14FN3O2. The Morgan fingerprint density at radius 3 is 2.81 bits per heavy atom. The molecule has 3 rings (SSSR count). The lowest BCUT2D eigenvalue weighted by Crippen LogP contribution is -2.39. The van der Waals surface area contributed by atoms with Gasteiger partial charge in [0.25, 0.3) is 0 Å². The molecule has 0 fully saturated rings. The summed E-state index contributed by atoms with van der Waals surface area (Å²) < 4.78 is 18.9. The standard InChI is InChI=1S/C15H14FN3O2/c1-21-11-4-2-10(3-5-11)8-19-9-12-13(16)6-7-17-14(12)18-15(19)20/h2-7H,8-9H2,1H3,(H,17,18,20). The number of ether oxygens (including phenoxy) is 1. The second kappa shape index (κ2) is 5.40. The lowest BCUT2D eigenvalue weighted by Gasteiger charge is -2.28. The second-order valence-corrected chi connectivity index (χ2v) is 4.75. The highest BCUT2D eigenvalue weighted by Gasteiger charge is 2.25. The summed E-state index contributed by atoms with van der Waals surface area (Å²) in [5.74, 6) is 0.688. The Kier molecular flexibility index (Phi) is 3.43. The predicted octanol–water partition coefficient (Wildman–Crippen LogP) is 2.78. The van der Waals surface area contributed by atoms with Crippen molar-refractivity contribution in [1.29, 1.82) is 0 Å². The van der Waals surface area contributed by atoms with Crippen LogP contribution in [0.3, 0.4) is 0 Å². The minimum atomic E-state index is -0.361. The van der Waals surface area contributed by atoms with Crippen molar-refractivity contribution in [2.24, 2.45) is 0 Å². The van der Waals surface area contributed by atoms with Crippen molar-refractivity contribution >= 4 is 11.8 Å². The molecule has 0 aliphatic carbocycles. The number of amides is 2. The first-order valence-corrected chi connectivity index (χ1v) is 6.49. The van der Waals surface area contributed by atoms with E-state index in [0.717, 1.165) is 11.3 Å². The zero-order chi connectivity index (χ0) is 14.8. The fourth-order valence-electron chi connectivity index (χ4n) is 2.25. The molecule has 108 valence electrons. The number of methoxy groups -OCH3 is 1. The van der Waals surface area contributed by atoms with E-state index in [1.165, 1.54) is 17.2 Å². The van der Waals surface area contributed by atoms with Gasteiger partial charge in [-0.05, 0) is 23.8 Å². The van der Waals surface area contributed by atoms with E-state index in [4.69, 9.17) is 4.74 Å². The number of carbonyl (C=O) groups excluding carboxylic acids is 1. The third kappa shape index (κ3) is 2.65. The van der Waals surface area contributed by atoms with Crippen LogP contribution in [0.15, 0.2) is 36.5 Å².